The van der Waals surface area contributed by atoms with E-state index in [9.17, 15) is 4.79 Å². The quantitative estimate of drug-likeness (QED) is 0.896. The average molecular weight is 364 g/mol. The van der Waals surface area contributed by atoms with Crippen molar-refractivity contribution in [2.24, 2.45) is 5.73 Å². The van der Waals surface area contributed by atoms with E-state index in [1.54, 1.807) is 6.07 Å². The van der Waals surface area contributed by atoms with Crippen LogP contribution in [0.2, 0.25) is 0 Å². The summed E-state index contributed by atoms with van der Waals surface area (Å²) in [6.45, 7) is 4.51. The van der Waals surface area contributed by atoms with Gasteiger partial charge in [0.15, 0.2) is 0 Å². The van der Waals surface area contributed by atoms with E-state index >= 15 is 0 Å². The van der Waals surface area contributed by atoms with Gasteiger partial charge in [0.05, 0.1) is 12.1 Å². The zero-order valence-corrected chi connectivity index (χ0v) is 15.0. The first-order valence-corrected chi connectivity index (χ1v) is 8.08. The van der Waals surface area contributed by atoms with Crippen LogP contribution < -0.4 is 5.73 Å². The first kappa shape index (κ1) is 20.3. The maximum atomic E-state index is 12.5. The summed E-state index contributed by atoms with van der Waals surface area (Å²) in [4.78, 5) is 17.1. The number of amides is 1. The van der Waals surface area contributed by atoms with Crippen molar-refractivity contribution in [3.05, 3.63) is 23.7 Å². The van der Waals surface area contributed by atoms with Crippen LogP contribution in [0.4, 0.5) is 0 Å². The number of nitrogens with two attached hydrogens (primary N) is 1. The summed E-state index contributed by atoms with van der Waals surface area (Å²) < 4.78 is 5.28. The Hall–Kier alpha value is -0.750. The summed E-state index contributed by atoms with van der Waals surface area (Å²) in [5.74, 6) is 0.753. The minimum atomic E-state index is 0. The van der Waals surface area contributed by atoms with Gasteiger partial charge in [0.1, 0.15) is 12.0 Å². The Morgan fingerprint density at radius 2 is 1.87 bits per heavy atom. The SMILES string of the molecule is Cl.Cl.NCc1cc(C(=O)N2CCCC(N3CCCC3)CC2)co1. The lowest BCUT2D eigenvalue weighted by Gasteiger charge is -2.26. The summed E-state index contributed by atoms with van der Waals surface area (Å²) in [7, 11) is 0. The third-order valence-electron chi connectivity index (χ3n) is 4.74. The maximum absolute atomic E-state index is 12.5. The first-order chi connectivity index (χ1) is 10.3. The van der Waals surface area contributed by atoms with Crippen LogP contribution in [-0.4, -0.2) is 47.9 Å². The molecule has 1 amide bonds. The lowest BCUT2D eigenvalue weighted by molar-refractivity contribution is 0.0757. The predicted octanol–water partition coefficient (Wildman–Crippen LogP) is 2.67. The van der Waals surface area contributed by atoms with E-state index in [0.29, 0.717) is 23.9 Å². The zero-order chi connectivity index (χ0) is 14.7. The molecule has 1 unspecified atom stereocenters. The lowest BCUT2D eigenvalue weighted by Crippen LogP contribution is -2.35. The molecule has 1 aromatic heterocycles. The molecule has 2 saturated heterocycles. The highest BCUT2D eigenvalue weighted by Gasteiger charge is 2.27. The molecule has 7 heteroatoms. The normalized spacial score (nSPS) is 22.1. The van der Waals surface area contributed by atoms with E-state index in [0.717, 1.165) is 25.9 Å². The van der Waals surface area contributed by atoms with Crippen molar-refractivity contribution in [3.63, 3.8) is 0 Å². The molecule has 132 valence electrons. The van der Waals surface area contributed by atoms with Crippen molar-refractivity contribution in [1.82, 2.24) is 9.80 Å². The summed E-state index contributed by atoms with van der Waals surface area (Å²) >= 11 is 0. The number of nitrogens with zero attached hydrogens (tertiary/aromatic N) is 2. The third-order valence-corrected chi connectivity index (χ3v) is 4.74. The number of furan rings is 1. The number of hydrogen-bond acceptors (Lipinski definition) is 4. The molecule has 1 atom stereocenters. The Labute approximate surface area is 150 Å². The number of halogens is 2. The fourth-order valence-corrected chi connectivity index (χ4v) is 3.54. The molecule has 0 bridgehead atoms. The van der Waals surface area contributed by atoms with Gasteiger partial charge in [-0.05, 0) is 51.3 Å². The van der Waals surface area contributed by atoms with Gasteiger partial charge in [-0.3, -0.25) is 4.79 Å². The molecule has 2 aliphatic rings. The number of carbonyl (C=O) groups is 1. The molecular formula is C16H27Cl2N3O2. The summed E-state index contributed by atoms with van der Waals surface area (Å²) in [6, 6.07) is 2.43. The van der Waals surface area contributed by atoms with Crippen molar-refractivity contribution in [2.45, 2.75) is 44.7 Å². The molecule has 2 fully saturated rings. The highest BCUT2D eigenvalue weighted by Crippen LogP contribution is 2.22. The van der Waals surface area contributed by atoms with E-state index in [2.05, 4.69) is 4.90 Å². The fourth-order valence-electron chi connectivity index (χ4n) is 3.54. The molecule has 1 aromatic rings. The van der Waals surface area contributed by atoms with E-state index in [4.69, 9.17) is 10.2 Å². The molecule has 23 heavy (non-hydrogen) atoms. The third kappa shape index (κ3) is 4.86. The molecule has 3 rings (SSSR count). The van der Waals surface area contributed by atoms with Crippen LogP contribution in [0.3, 0.4) is 0 Å². The fraction of sp³-hybridized carbons (Fsp3) is 0.688. The van der Waals surface area contributed by atoms with E-state index in [1.165, 1.54) is 38.6 Å². The van der Waals surface area contributed by atoms with Gasteiger partial charge in [0.2, 0.25) is 0 Å². The van der Waals surface area contributed by atoms with Gasteiger partial charge in [0, 0.05) is 19.1 Å². The molecule has 2 aliphatic heterocycles. The minimum absolute atomic E-state index is 0. The van der Waals surface area contributed by atoms with Crippen LogP contribution >= 0.6 is 24.8 Å². The summed E-state index contributed by atoms with van der Waals surface area (Å²) in [5.41, 5.74) is 6.16. The van der Waals surface area contributed by atoms with E-state index in [-0.39, 0.29) is 30.7 Å². The van der Waals surface area contributed by atoms with Crippen molar-refractivity contribution in [3.8, 4) is 0 Å². The molecule has 0 aromatic carbocycles. The van der Waals surface area contributed by atoms with Gasteiger partial charge in [0.25, 0.3) is 5.91 Å². The Bertz CT molecular complexity index is 489. The highest BCUT2D eigenvalue weighted by molar-refractivity contribution is 5.94. The Morgan fingerprint density at radius 1 is 1.13 bits per heavy atom. The smallest absolute Gasteiger partial charge is 0.257 e. The second kappa shape index (κ2) is 9.52. The van der Waals surface area contributed by atoms with Crippen molar-refractivity contribution >= 4 is 30.7 Å². The van der Waals surface area contributed by atoms with E-state index in [1.807, 2.05) is 4.90 Å². The second-order valence-corrected chi connectivity index (χ2v) is 6.13. The van der Waals surface area contributed by atoms with Gasteiger partial charge < -0.3 is 20.0 Å². The van der Waals surface area contributed by atoms with Crippen LogP contribution in [0.25, 0.3) is 0 Å². The largest absolute Gasteiger partial charge is 0.467 e. The zero-order valence-electron chi connectivity index (χ0n) is 13.4. The van der Waals surface area contributed by atoms with Crippen LogP contribution in [0, 0.1) is 0 Å². The number of likely N-dealkylation sites (tertiary alicyclic amines) is 2. The first-order valence-electron chi connectivity index (χ1n) is 8.08. The Kier molecular flexibility index (Phi) is 8.40. The standard InChI is InChI=1S/C16H25N3O2.2ClH/c17-11-15-10-13(12-21-15)16(20)19-8-3-4-14(5-9-19)18-6-1-2-7-18;;/h10,12,14H,1-9,11,17H2;2*1H. The number of hydrogen-bond donors (Lipinski definition) is 1. The molecule has 0 radical (unpaired) electrons. The summed E-state index contributed by atoms with van der Waals surface area (Å²) in [6.07, 6.45) is 7.59. The number of rotatable bonds is 3. The molecule has 2 N–H and O–H groups in total. The summed E-state index contributed by atoms with van der Waals surface area (Å²) in [5, 5.41) is 0. The average Bonchev–Trinajstić information content (AvgIpc) is 3.14. The van der Waals surface area contributed by atoms with Gasteiger partial charge in [-0.15, -0.1) is 24.8 Å². The van der Waals surface area contributed by atoms with Crippen molar-refractivity contribution < 1.29 is 9.21 Å². The topological polar surface area (TPSA) is 62.7 Å². The molecule has 0 saturated carbocycles. The van der Waals surface area contributed by atoms with Crippen LogP contribution in [0.15, 0.2) is 16.7 Å². The molecule has 0 aliphatic carbocycles. The van der Waals surface area contributed by atoms with Crippen LogP contribution in [0.1, 0.15) is 48.2 Å². The monoisotopic (exact) mass is 363 g/mol. The highest BCUT2D eigenvalue weighted by atomic mass is 35.5. The number of carbonyl (C=O) groups excluding carboxylic acids is 1. The Balaban J connectivity index is 0.00000132. The Morgan fingerprint density at radius 3 is 2.52 bits per heavy atom. The molecule has 0 spiro atoms. The molecule has 3 heterocycles. The lowest BCUT2D eigenvalue weighted by atomic mass is 10.1. The van der Waals surface area contributed by atoms with Gasteiger partial charge >= 0.3 is 0 Å². The van der Waals surface area contributed by atoms with Crippen LogP contribution in [0.5, 0.6) is 0 Å². The molecule has 5 nitrogen and oxygen atoms in total. The predicted molar refractivity (Wildman–Crippen MR) is 95.4 cm³/mol. The van der Waals surface area contributed by atoms with Crippen molar-refractivity contribution in [2.75, 3.05) is 26.2 Å². The van der Waals surface area contributed by atoms with Gasteiger partial charge in [-0.25, -0.2) is 0 Å². The molecular weight excluding hydrogens is 337 g/mol. The van der Waals surface area contributed by atoms with Crippen LogP contribution in [-0.2, 0) is 6.54 Å². The van der Waals surface area contributed by atoms with Gasteiger partial charge in [-0.2, -0.15) is 0 Å². The maximum Gasteiger partial charge on any atom is 0.257 e. The second-order valence-electron chi connectivity index (χ2n) is 6.13. The van der Waals surface area contributed by atoms with E-state index < -0.39 is 0 Å². The van der Waals surface area contributed by atoms with Crippen molar-refractivity contribution in [1.29, 1.82) is 0 Å². The van der Waals surface area contributed by atoms with Gasteiger partial charge in [-0.1, -0.05) is 0 Å². The minimum Gasteiger partial charge on any atom is -0.467 e.